The number of nitrogens with two attached hydrogens (primary N) is 1. The second-order valence-corrected chi connectivity index (χ2v) is 17.2. The highest BCUT2D eigenvalue weighted by Crippen LogP contribution is 2.30. The van der Waals surface area contributed by atoms with E-state index in [2.05, 4.69) is 40.7 Å². The highest BCUT2D eigenvalue weighted by Gasteiger charge is 2.43. The third-order valence-electron chi connectivity index (χ3n) is 12.0. The molecule has 7 unspecified atom stereocenters. The number of hydrogen-bond acceptors (Lipinski definition) is 9. The van der Waals surface area contributed by atoms with E-state index in [9.17, 15) is 28.8 Å². The van der Waals surface area contributed by atoms with Gasteiger partial charge in [0.25, 0.3) is 0 Å². The van der Waals surface area contributed by atoms with E-state index in [1.54, 1.807) is 30.8 Å². The topological polar surface area (TPSA) is 217 Å². The number of ether oxygens (including phenoxy) is 2. The molecule has 1 aliphatic heterocycles. The minimum absolute atomic E-state index is 0.00505. The van der Waals surface area contributed by atoms with E-state index in [1.807, 2.05) is 58.7 Å². The number of aliphatic carboxylic acids is 1. The van der Waals surface area contributed by atoms with E-state index in [0.717, 1.165) is 6.42 Å². The molecule has 0 aliphatic carbocycles. The maximum absolute atomic E-state index is 14.3. The summed E-state index contributed by atoms with van der Waals surface area (Å²) in [7, 11) is 6.47. The Morgan fingerprint density at radius 3 is 2.18 bits per heavy atom. The second kappa shape index (κ2) is 25.4. The van der Waals surface area contributed by atoms with Crippen LogP contribution in [-0.2, 0) is 38.2 Å². The van der Waals surface area contributed by atoms with Crippen LogP contribution in [0.2, 0.25) is 0 Å². The maximum Gasteiger partial charge on any atom is 0.303 e. The number of aryl methyl sites for hydroxylation is 1. The number of para-hydroxylation sites is 1. The fourth-order valence-electron chi connectivity index (χ4n) is 8.46. The maximum atomic E-state index is 14.3. The van der Waals surface area contributed by atoms with Crippen LogP contribution in [-0.4, -0.2) is 145 Å². The highest BCUT2D eigenvalue weighted by molar-refractivity contribution is 5.90. The van der Waals surface area contributed by atoms with Crippen LogP contribution in [0.4, 0.5) is 0 Å². The average Bonchev–Trinajstić information content (AvgIpc) is 3.85. The van der Waals surface area contributed by atoms with Crippen molar-refractivity contribution in [2.24, 2.45) is 29.4 Å². The third-order valence-corrected chi connectivity index (χ3v) is 12.0. The minimum atomic E-state index is -0.897. The Hall–Kier alpha value is -4.54. The highest BCUT2D eigenvalue weighted by atomic mass is 16.5. The molecule has 16 heteroatoms. The summed E-state index contributed by atoms with van der Waals surface area (Å²) in [6, 6.07) is 5.99. The number of carbonyl (C=O) groups is 6. The first-order valence-electron chi connectivity index (χ1n) is 21.6. The third kappa shape index (κ3) is 15.1. The molecule has 16 nitrogen and oxygen atoms in total. The number of primary amides is 1. The molecular formula is C45H75N7O9. The lowest BCUT2D eigenvalue weighted by atomic mass is 9.89. The van der Waals surface area contributed by atoms with Gasteiger partial charge >= 0.3 is 5.97 Å². The molecule has 1 aromatic carbocycles. The Morgan fingerprint density at radius 2 is 1.64 bits per heavy atom. The van der Waals surface area contributed by atoms with Crippen molar-refractivity contribution < 1.29 is 43.3 Å². The van der Waals surface area contributed by atoms with Crippen molar-refractivity contribution in [3.63, 3.8) is 0 Å². The Kier molecular flexibility index (Phi) is 21.9. The lowest BCUT2D eigenvalue weighted by Crippen LogP contribution is -2.60. The Morgan fingerprint density at radius 1 is 0.984 bits per heavy atom. The normalized spacial score (nSPS) is 17.5. The number of aromatic amines is 1. The zero-order valence-corrected chi connectivity index (χ0v) is 38.7. The number of carboxylic acid groups (broad SMARTS) is 1. The molecule has 0 bridgehead atoms. The van der Waals surface area contributed by atoms with Crippen LogP contribution < -0.4 is 16.4 Å². The molecule has 0 saturated carbocycles. The molecular weight excluding hydrogens is 783 g/mol. The number of likely N-dealkylation sites (N-methyl/N-ethyl adjacent to an activating group) is 2. The van der Waals surface area contributed by atoms with Crippen molar-refractivity contribution in [1.29, 1.82) is 0 Å². The average molecular weight is 858 g/mol. The lowest BCUT2D eigenvalue weighted by Gasteiger charge is -2.41. The van der Waals surface area contributed by atoms with E-state index in [1.165, 1.54) is 30.7 Å². The number of carbonyl (C=O) groups excluding carboxylic acids is 5. The van der Waals surface area contributed by atoms with E-state index < -0.39 is 54.0 Å². The first-order valence-corrected chi connectivity index (χ1v) is 21.6. The van der Waals surface area contributed by atoms with Gasteiger partial charge in [-0.05, 0) is 69.2 Å². The number of methoxy groups -OCH3 is 2. The summed E-state index contributed by atoms with van der Waals surface area (Å²) in [5.74, 6) is -3.85. The van der Waals surface area contributed by atoms with Crippen molar-refractivity contribution >= 4 is 46.4 Å². The van der Waals surface area contributed by atoms with E-state index in [4.69, 9.17) is 20.3 Å². The molecule has 1 saturated heterocycles. The molecule has 1 fully saturated rings. The monoisotopic (exact) mass is 858 g/mol. The van der Waals surface area contributed by atoms with Crippen LogP contribution in [0.1, 0.15) is 92.6 Å². The SMILES string of the molecule is CCC(C)C(C(CC(=O)N1CCCC1C(OC)C(C)C(=O)NCC(N)=O)OC)N(C)C(=O)[C@@H](NC(=O)C(C(C)C)N(C)CCCC(=O)O)C(C)C.Cc1c[nH]c2ccccc12. The summed E-state index contributed by atoms with van der Waals surface area (Å²) >= 11 is 0. The molecule has 61 heavy (non-hydrogen) atoms. The van der Waals surface area contributed by atoms with Crippen LogP contribution >= 0.6 is 0 Å². The van der Waals surface area contributed by atoms with Crippen LogP contribution in [0.5, 0.6) is 0 Å². The molecule has 6 N–H and O–H groups in total. The zero-order valence-electron chi connectivity index (χ0n) is 38.7. The summed E-state index contributed by atoms with van der Waals surface area (Å²) in [4.78, 5) is 85.3. The number of nitrogens with zero attached hydrogens (tertiary/aromatic N) is 3. The number of aromatic nitrogens is 1. The van der Waals surface area contributed by atoms with Gasteiger partial charge in [0.05, 0.1) is 49.2 Å². The second-order valence-electron chi connectivity index (χ2n) is 17.2. The van der Waals surface area contributed by atoms with Crippen LogP contribution in [0.3, 0.4) is 0 Å². The molecule has 2 aromatic rings. The summed E-state index contributed by atoms with van der Waals surface area (Å²) < 4.78 is 11.7. The molecule has 5 amide bonds. The number of fused-ring (bicyclic) bond motifs is 1. The van der Waals surface area contributed by atoms with Gasteiger partial charge in [-0.25, -0.2) is 0 Å². The van der Waals surface area contributed by atoms with Crippen LogP contribution in [0, 0.1) is 30.6 Å². The first kappa shape index (κ1) is 52.6. The quantitative estimate of drug-likeness (QED) is 0.109. The van der Waals surface area contributed by atoms with Gasteiger partial charge in [0.15, 0.2) is 0 Å². The van der Waals surface area contributed by atoms with E-state index >= 15 is 0 Å². The van der Waals surface area contributed by atoms with Crippen molar-refractivity contribution in [2.45, 2.75) is 130 Å². The summed E-state index contributed by atoms with van der Waals surface area (Å²) in [6.45, 7) is 15.9. The smallest absolute Gasteiger partial charge is 0.303 e. The summed E-state index contributed by atoms with van der Waals surface area (Å²) in [5, 5.41) is 15.9. The fraction of sp³-hybridized carbons (Fsp3) is 0.689. The first-order chi connectivity index (χ1) is 28.7. The molecule has 2 heterocycles. The van der Waals surface area contributed by atoms with Gasteiger partial charge in [-0.2, -0.15) is 0 Å². The molecule has 8 atom stereocenters. The predicted octanol–water partition coefficient (Wildman–Crippen LogP) is 3.95. The largest absolute Gasteiger partial charge is 0.481 e. The molecule has 0 radical (unpaired) electrons. The zero-order chi connectivity index (χ0) is 46.1. The molecule has 0 spiro atoms. The van der Waals surface area contributed by atoms with Gasteiger partial charge in [-0.15, -0.1) is 0 Å². The molecule has 3 rings (SSSR count). The molecule has 1 aromatic heterocycles. The summed E-state index contributed by atoms with van der Waals surface area (Å²) in [5.41, 5.74) is 7.72. The standard InChI is InChI=1S/C36H66N6O9.C9H9N/c1-12-23(6)32(41(9)36(49)30(21(2)3)39-35(48)31(22(4)5)40(8)17-14-16-29(45)46)26(50-10)19-28(44)42-18-13-15-25(42)33(51-11)24(7)34(47)38-20-27(37)43;1-7-6-10-9-5-3-2-4-8(7)9/h21-26,30-33H,12-20H2,1-11H3,(H2,37,43)(H,38,47)(H,39,48)(H,45,46);2-6,10H,1H3/t23?,24?,25?,26?,30-,31?,32?,33?;/m0./s1. The fourth-order valence-corrected chi connectivity index (χ4v) is 8.46. The Balaban J connectivity index is 0.00000110. The van der Waals surface area contributed by atoms with Crippen molar-refractivity contribution in [2.75, 3.05) is 47.9 Å². The predicted molar refractivity (Wildman–Crippen MR) is 236 cm³/mol. The summed E-state index contributed by atoms with van der Waals surface area (Å²) in [6.07, 6.45) is 3.15. The Bertz CT molecular complexity index is 1730. The van der Waals surface area contributed by atoms with Gasteiger partial charge in [-0.1, -0.05) is 73.1 Å². The number of benzene rings is 1. The number of nitrogens with one attached hydrogen (secondary N) is 3. The van der Waals surface area contributed by atoms with Gasteiger partial charge in [-0.3, -0.25) is 33.7 Å². The van der Waals surface area contributed by atoms with Crippen molar-refractivity contribution in [1.82, 2.24) is 30.3 Å². The van der Waals surface area contributed by atoms with Gasteiger partial charge in [0, 0.05) is 51.3 Å². The molecule has 1 aliphatic rings. The van der Waals surface area contributed by atoms with Gasteiger partial charge in [0.1, 0.15) is 6.04 Å². The van der Waals surface area contributed by atoms with E-state index in [-0.39, 0.29) is 60.9 Å². The number of amides is 5. The van der Waals surface area contributed by atoms with Crippen molar-refractivity contribution in [3.05, 3.63) is 36.0 Å². The van der Waals surface area contributed by atoms with Crippen LogP contribution in [0.15, 0.2) is 30.5 Å². The van der Waals surface area contributed by atoms with Crippen molar-refractivity contribution in [3.8, 4) is 0 Å². The number of carboxylic acids is 1. The van der Waals surface area contributed by atoms with Gasteiger partial charge < -0.3 is 45.7 Å². The molecule has 344 valence electrons. The van der Waals surface area contributed by atoms with Gasteiger partial charge in [0.2, 0.25) is 29.5 Å². The number of hydrogen-bond donors (Lipinski definition) is 5. The minimum Gasteiger partial charge on any atom is -0.481 e. The number of H-pyrrole nitrogens is 1. The van der Waals surface area contributed by atoms with E-state index in [0.29, 0.717) is 32.4 Å². The van der Waals surface area contributed by atoms with Crippen LogP contribution in [0.25, 0.3) is 10.9 Å². The Labute approximate surface area is 363 Å². The number of likely N-dealkylation sites (tertiary alicyclic amines) is 1. The lowest BCUT2D eigenvalue weighted by molar-refractivity contribution is -0.148. The number of rotatable bonds is 23.